The van der Waals surface area contributed by atoms with Gasteiger partial charge in [-0.3, -0.25) is 14.5 Å². The molecular weight excluding hydrogens is 448 g/mol. The van der Waals surface area contributed by atoms with Crippen LogP contribution < -0.4 is 10.1 Å². The molecule has 4 rings (SSSR count). The Morgan fingerprint density at radius 2 is 1.94 bits per heavy atom. The Kier molecular flexibility index (Phi) is 6.76. The Hall–Kier alpha value is -2.13. The lowest BCUT2D eigenvalue weighted by Gasteiger charge is -2.50. The van der Waals surface area contributed by atoms with Crippen molar-refractivity contribution in [2.24, 2.45) is 0 Å². The fourth-order valence-electron chi connectivity index (χ4n) is 3.94. The number of hydrogen-bond donors (Lipinski definition) is 1. The maximum Gasteiger partial charge on any atom is 0.355 e. The number of nitrogens with one attached hydrogen (secondary N) is 1. The Morgan fingerprint density at radius 1 is 1.19 bits per heavy atom. The maximum atomic E-state index is 13.1. The van der Waals surface area contributed by atoms with E-state index in [9.17, 15) is 14.4 Å². The van der Waals surface area contributed by atoms with Crippen molar-refractivity contribution in [3.05, 3.63) is 41.6 Å². The summed E-state index contributed by atoms with van der Waals surface area (Å²) in [4.78, 5) is 40.1. The molecule has 1 aromatic rings. The van der Waals surface area contributed by atoms with Gasteiger partial charge in [0.1, 0.15) is 28.5 Å². The molecule has 0 saturated carbocycles. The molecule has 0 aromatic heterocycles. The molecule has 0 spiro atoms. The van der Waals surface area contributed by atoms with Crippen LogP contribution in [-0.2, 0) is 19.1 Å². The van der Waals surface area contributed by atoms with E-state index in [0.717, 1.165) is 24.2 Å². The fourth-order valence-corrected chi connectivity index (χ4v) is 6.81. The second-order valence-electron chi connectivity index (χ2n) is 8.93. The summed E-state index contributed by atoms with van der Waals surface area (Å²) in [7, 11) is 0. The number of rotatable bonds is 6. The zero-order valence-corrected chi connectivity index (χ0v) is 20.1. The lowest BCUT2D eigenvalue weighted by Crippen LogP contribution is -2.71. The van der Waals surface area contributed by atoms with Crippen molar-refractivity contribution in [2.45, 2.75) is 55.9 Å². The molecule has 7 nitrogen and oxygen atoms in total. The molecule has 1 unspecified atom stereocenters. The number of nitrogens with zero attached hydrogens (tertiary/aromatic N) is 1. The molecular formula is C23H28N2O5S2. The molecule has 3 atom stereocenters. The first-order chi connectivity index (χ1) is 15.2. The third-order valence-corrected chi connectivity index (χ3v) is 8.09. The van der Waals surface area contributed by atoms with E-state index < -0.39 is 17.6 Å². The van der Waals surface area contributed by atoms with Crippen LogP contribution in [-0.4, -0.2) is 63.1 Å². The highest BCUT2D eigenvalue weighted by Crippen LogP contribution is 2.45. The summed E-state index contributed by atoms with van der Waals surface area (Å²) >= 11 is 3.42. The molecule has 2 saturated heterocycles. The summed E-state index contributed by atoms with van der Waals surface area (Å²) in [5, 5.41) is 2.68. The minimum absolute atomic E-state index is 0.177. The number of β-lactam (4-membered cyclic amide) rings is 1. The normalized spacial score (nSPS) is 25.2. The van der Waals surface area contributed by atoms with E-state index in [-0.39, 0.29) is 29.0 Å². The lowest BCUT2D eigenvalue weighted by atomic mass is 10.00. The zero-order valence-electron chi connectivity index (χ0n) is 18.5. The van der Waals surface area contributed by atoms with Crippen LogP contribution in [0.1, 0.15) is 33.6 Å². The molecule has 172 valence electrons. The van der Waals surface area contributed by atoms with E-state index in [0.29, 0.717) is 17.2 Å². The number of esters is 1. The van der Waals surface area contributed by atoms with Crippen molar-refractivity contribution in [2.75, 3.05) is 18.1 Å². The van der Waals surface area contributed by atoms with Gasteiger partial charge in [0.25, 0.3) is 11.8 Å². The van der Waals surface area contributed by atoms with Crippen molar-refractivity contribution in [3.8, 4) is 5.75 Å². The summed E-state index contributed by atoms with van der Waals surface area (Å²) in [6, 6.07) is 8.36. The molecule has 9 heteroatoms. The molecule has 0 bridgehead atoms. The minimum Gasteiger partial charge on any atom is -0.484 e. The van der Waals surface area contributed by atoms with Crippen LogP contribution in [0.25, 0.3) is 0 Å². The van der Waals surface area contributed by atoms with Crippen LogP contribution in [0.4, 0.5) is 0 Å². The zero-order chi connectivity index (χ0) is 22.9. The number of fused-ring (bicyclic) bond motifs is 1. The number of amides is 2. The van der Waals surface area contributed by atoms with E-state index in [2.05, 4.69) is 5.32 Å². The van der Waals surface area contributed by atoms with Crippen molar-refractivity contribution in [1.82, 2.24) is 10.2 Å². The maximum absolute atomic E-state index is 13.1. The number of benzene rings is 1. The second-order valence-corrected chi connectivity index (χ2v) is 11.3. The van der Waals surface area contributed by atoms with Crippen LogP contribution in [0, 0.1) is 0 Å². The van der Waals surface area contributed by atoms with Gasteiger partial charge in [-0.1, -0.05) is 18.2 Å². The lowest BCUT2D eigenvalue weighted by molar-refractivity contribution is -0.159. The Balaban J connectivity index is 1.46. The van der Waals surface area contributed by atoms with Gasteiger partial charge in [-0.25, -0.2) is 4.79 Å². The van der Waals surface area contributed by atoms with Crippen LogP contribution >= 0.6 is 23.5 Å². The summed E-state index contributed by atoms with van der Waals surface area (Å²) in [5.41, 5.74) is 0.696. The van der Waals surface area contributed by atoms with Crippen LogP contribution in [0.5, 0.6) is 5.75 Å². The summed E-state index contributed by atoms with van der Waals surface area (Å²) in [6.45, 7) is 5.28. The van der Waals surface area contributed by atoms with Gasteiger partial charge >= 0.3 is 5.97 Å². The summed E-state index contributed by atoms with van der Waals surface area (Å²) in [6.07, 6.45) is 2.10. The van der Waals surface area contributed by atoms with Crippen molar-refractivity contribution < 1.29 is 23.9 Å². The van der Waals surface area contributed by atoms with E-state index >= 15 is 0 Å². The highest BCUT2D eigenvalue weighted by Gasteiger charge is 2.55. The van der Waals surface area contributed by atoms with E-state index in [1.54, 1.807) is 23.9 Å². The molecule has 0 radical (unpaired) electrons. The predicted molar refractivity (Wildman–Crippen MR) is 125 cm³/mol. The monoisotopic (exact) mass is 476 g/mol. The first kappa shape index (κ1) is 23.0. The number of ether oxygens (including phenoxy) is 2. The average Bonchev–Trinajstić information content (AvgIpc) is 3.29. The molecule has 2 fully saturated rings. The van der Waals surface area contributed by atoms with Gasteiger partial charge < -0.3 is 14.8 Å². The SMILES string of the molecule is CC(C)(C)OC(=O)C1=C(C2CCCS2)CS[C@@H]2[C@H](NC(=O)COc3ccccc3)C(=O)N12. The van der Waals surface area contributed by atoms with E-state index in [1.807, 2.05) is 50.7 Å². The second kappa shape index (κ2) is 9.39. The fraction of sp³-hybridized carbons (Fsp3) is 0.522. The summed E-state index contributed by atoms with van der Waals surface area (Å²) < 4.78 is 11.1. The smallest absolute Gasteiger partial charge is 0.355 e. The molecule has 32 heavy (non-hydrogen) atoms. The third kappa shape index (κ3) is 4.93. The number of thioether (sulfide) groups is 2. The molecule has 1 N–H and O–H groups in total. The van der Waals surface area contributed by atoms with Gasteiger partial charge in [0.2, 0.25) is 0 Å². The van der Waals surface area contributed by atoms with Crippen molar-refractivity contribution >= 4 is 41.3 Å². The quantitative estimate of drug-likeness (QED) is 0.499. The third-order valence-electron chi connectivity index (χ3n) is 5.34. The van der Waals surface area contributed by atoms with Crippen LogP contribution in [0.15, 0.2) is 41.6 Å². The first-order valence-electron chi connectivity index (χ1n) is 10.7. The molecule has 2 amide bonds. The number of hydrogen-bond acceptors (Lipinski definition) is 7. The van der Waals surface area contributed by atoms with Crippen LogP contribution in [0.2, 0.25) is 0 Å². The van der Waals surface area contributed by atoms with Crippen molar-refractivity contribution in [3.63, 3.8) is 0 Å². The van der Waals surface area contributed by atoms with Gasteiger partial charge in [0, 0.05) is 11.0 Å². The van der Waals surface area contributed by atoms with Gasteiger partial charge in [0.15, 0.2) is 6.61 Å². The first-order valence-corrected chi connectivity index (χ1v) is 12.8. The van der Waals surface area contributed by atoms with E-state index in [1.165, 1.54) is 4.90 Å². The number of carbonyl (C=O) groups is 3. The van der Waals surface area contributed by atoms with E-state index in [4.69, 9.17) is 9.47 Å². The van der Waals surface area contributed by atoms with Gasteiger partial charge in [0.05, 0.1) is 0 Å². The van der Waals surface area contributed by atoms with Gasteiger partial charge in [-0.2, -0.15) is 11.8 Å². The number of carbonyl (C=O) groups excluding carboxylic acids is 3. The topological polar surface area (TPSA) is 84.9 Å². The summed E-state index contributed by atoms with van der Waals surface area (Å²) in [5.74, 6) is 1.18. The Bertz CT molecular complexity index is 922. The number of para-hydroxylation sites is 1. The largest absolute Gasteiger partial charge is 0.484 e. The molecule has 3 aliphatic rings. The Labute approximate surface area is 196 Å². The van der Waals surface area contributed by atoms with Crippen molar-refractivity contribution in [1.29, 1.82) is 0 Å². The highest BCUT2D eigenvalue weighted by atomic mass is 32.2. The average molecular weight is 477 g/mol. The van der Waals surface area contributed by atoms with Gasteiger partial charge in [-0.05, 0) is 57.1 Å². The minimum atomic E-state index is -0.679. The van der Waals surface area contributed by atoms with Crippen LogP contribution in [0.3, 0.4) is 0 Å². The molecule has 1 aromatic carbocycles. The molecule has 3 heterocycles. The highest BCUT2D eigenvalue weighted by molar-refractivity contribution is 8.01. The van der Waals surface area contributed by atoms with Gasteiger partial charge in [-0.15, -0.1) is 11.8 Å². The molecule has 0 aliphatic carbocycles. The Morgan fingerprint density at radius 3 is 2.59 bits per heavy atom. The predicted octanol–water partition coefficient (Wildman–Crippen LogP) is 2.96. The molecule has 3 aliphatic heterocycles. The standard InChI is InChI=1S/C23H28N2O5S2/c1-23(2,3)30-22(28)19-15(16-10-7-11-31-16)13-32-21-18(20(27)25(19)21)24-17(26)12-29-14-8-5-4-6-9-14/h4-6,8-9,16,18,21H,7,10-13H2,1-3H3,(H,24,26)/t16?,18-,21-/m1/s1.